The monoisotopic (exact) mass is 452 g/mol. The number of esters is 1. The Balaban J connectivity index is 0.000000796. The molecule has 0 spiro atoms. The van der Waals surface area contributed by atoms with Crippen LogP contribution in [0, 0.1) is 0 Å². The van der Waals surface area contributed by atoms with E-state index in [-0.39, 0.29) is 11.3 Å². The van der Waals surface area contributed by atoms with Gasteiger partial charge in [0.25, 0.3) is 0 Å². The quantitative estimate of drug-likeness (QED) is 0.362. The van der Waals surface area contributed by atoms with Gasteiger partial charge in [0.1, 0.15) is 0 Å². The van der Waals surface area contributed by atoms with Gasteiger partial charge in [0, 0.05) is 0 Å². The molecule has 0 aromatic heterocycles. The third kappa shape index (κ3) is 5.87. The van der Waals surface area contributed by atoms with E-state index in [1.807, 2.05) is 11.4 Å². The Hall–Kier alpha value is -0.493. The number of hydrogen-bond donors (Lipinski definition) is 0. The molecule has 1 rings (SSSR count). The number of nitrogens with zero attached hydrogens (tertiary/aromatic N) is 2. The predicted molar refractivity (Wildman–Crippen MR) is 81.7 cm³/mol. The predicted octanol–water partition coefficient (Wildman–Crippen LogP) is 0.852. The summed E-state index contributed by atoms with van der Waals surface area (Å²) in [6.07, 6.45) is 0. The van der Waals surface area contributed by atoms with E-state index in [1.54, 1.807) is 0 Å². The fourth-order valence-corrected chi connectivity index (χ4v) is 2.97. The van der Waals surface area contributed by atoms with Gasteiger partial charge >= 0.3 is 132 Å². The summed E-state index contributed by atoms with van der Waals surface area (Å²) < 4.78 is 9.73. The van der Waals surface area contributed by atoms with Crippen LogP contribution in [-0.4, -0.2) is 64.8 Å². The molecule has 0 amide bonds. The minimum absolute atomic E-state index is 0.0626. The van der Waals surface area contributed by atoms with Gasteiger partial charge in [-0.25, -0.2) is 0 Å². The molecule has 0 saturated carbocycles. The summed E-state index contributed by atoms with van der Waals surface area (Å²) in [6.45, 7) is 0. The number of carbonyl (C=O) groups excluding carboxylic acids is 1. The SMILES string of the molecule is COC(=O)C1=NN=C([As](C)C)/C1=C(/[O-])OC.[CH3][Sn+]([CH3])[CH3]. The van der Waals surface area contributed by atoms with Crippen LogP contribution in [0.3, 0.4) is 0 Å². The van der Waals surface area contributed by atoms with E-state index < -0.39 is 46.3 Å². The number of hydrogen-bond acceptors (Lipinski definition) is 6. The second kappa shape index (κ2) is 9.44. The Morgan fingerprint density at radius 1 is 1.15 bits per heavy atom. The fourth-order valence-electron chi connectivity index (χ4n) is 1.15. The van der Waals surface area contributed by atoms with E-state index in [1.165, 1.54) is 14.2 Å². The average Bonchev–Trinajstić information content (AvgIpc) is 2.80. The molecule has 0 aromatic rings. The molecule has 0 aromatic carbocycles. The molecule has 20 heavy (non-hydrogen) atoms. The van der Waals surface area contributed by atoms with Gasteiger partial charge in [-0.15, -0.1) is 0 Å². The molecule has 0 unspecified atom stereocenters. The first kappa shape index (κ1) is 19.5. The Kier molecular flexibility index (Phi) is 9.21. The standard InChI is InChI=1S/C9H13AsN2O4.3CH3.Sn/c1-10(2)7-5(8(13)15-3)6(11-12-7)9(14)16-4;;;;/h13H,1-4H3;3*1H3;/q;;;;+1/p-1/b8-5-;;;;. The summed E-state index contributed by atoms with van der Waals surface area (Å²) in [7, 11) is 2.48. The second-order valence-electron chi connectivity index (χ2n) is 4.62. The van der Waals surface area contributed by atoms with E-state index in [0.717, 1.165) is 0 Å². The van der Waals surface area contributed by atoms with Crippen molar-refractivity contribution in [2.45, 2.75) is 26.2 Å². The van der Waals surface area contributed by atoms with Gasteiger partial charge in [-0.3, -0.25) is 0 Å². The van der Waals surface area contributed by atoms with Gasteiger partial charge in [-0.1, -0.05) is 0 Å². The van der Waals surface area contributed by atoms with E-state index in [4.69, 9.17) is 0 Å². The van der Waals surface area contributed by atoms with Crippen molar-refractivity contribution in [3.8, 4) is 0 Å². The van der Waals surface area contributed by atoms with Crippen LogP contribution in [0.15, 0.2) is 21.7 Å². The molecule has 0 N–H and O–H groups in total. The van der Waals surface area contributed by atoms with Crippen LogP contribution in [0.4, 0.5) is 0 Å². The third-order valence-corrected chi connectivity index (χ3v) is 4.33. The Bertz CT molecular complexity index is 442. The molecule has 8 heteroatoms. The first-order valence-electron chi connectivity index (χ1n) is 5.90. The van der Waals surface area contributed by atoms with E-state index >= 15 is 0 Å². The zero-order valence-electron chi connectivity index (χ0n) is 13.0. The van der Waals surface area contributed by atoms with Crippen molar-refractivity contribution in [2.24, 2.45) is 10.2 Å². The van der Waals surface area contributed by atoms with Crippen molar-refractivity contribution in [1.29, 1.82) is 0 Å². The number of ether oxygens (including phenoxy) is 2. The first-order valence-corrected chi connectivity index (χ1v) is 19.2. The van der Waals surface area contributed by atoms with Gasteiger partial charge < -0.3 is 0 Å². The molecule has 112 valence electrons. The molecule has 1 heterocycles. The average molecular weight is 451 g/mol. The molecule has 0 radical (unpaired) electrons. The molecule has 0 atom stereocenters. The van der Waals surface area contributed by atoms with Gasteiger partial charge in [0.15, 0.2) is 0 Å². The van der Waals surface area contributed by atoms with E-state index in [9.17, 15) is 9.90 Å². The summed E-state index contributed by atoms with van der Waals surface area (Å²) in [4.78, 5) is 18.5. The van der Waals surface area contributed by atoms with Crippen molar-refractivity contribution in [1.82, 2.24) is 0 Å². The van der Waals surface area contributed by atoms with E-state index in [2.05, 4.69) is 34.5 Å². The zero-order chi connectivity index (χ0) is 15.9. The van der Waals surface area contributed by atoms with Crippen LogP contribution in [-0.2, 0) is 14.3 Å². The van der Waals surface area contributed by atoms with Crippen LogP contribution in [0.2, 0.25) is 26.2 Å². The number of carbonyl (C=O) groups is 1. The molecule has 0 fully saturated rings. The molecule has 0 bridgehead atoms. The second-order valence-corrected chi connectivity index (χ2v) is 17.8. The summed E-state index contributed by atoms with van der Waals surface area (Å²) in [6, 6.07) is 0. The van der Waals surface area contributed by atoms with Crippen molar-refractivity contribution < 1.29 is 19.4 Å². The molecule has 1 aliphatic rings. The number of methoxy groups -OCH3 is 2. The number of rotatable bonds is 3. The Morgan fingerprint density at radius 2 is 1.65 bits per heavy atom. The molecule has 0 saturated heterocycles. The molecule has 6 nitrogen and oxygen atoms in total. The summed E-state index contributed by atoms with van der Waals surface area (Å²) in [5.41, 5.74) is 4.07. The van der Waals surface area contributed by atoms with Crippen molar-refractivity contribution in [3.05, 3.63) is 11.5 Å². The first-order chi connectivity index (χ1) is 9.26. The van der Waals surface area contributed by atoms with Crippen molar-refractivity contribution in [2.75, 3.05) is 14.2 Å². The summed E-state index contributed by atoms with van der Waals surface area (Å²) in [5.74, 6) is -1.27. The minimum atomic E-state index is -1.42. The third-order valence-electron chi connectivity index (χ3n) is 1.90. The maximum absolute atomic E-state index is 11.6. The topological polar surface area (TPSA) is 83.3 Å². The molecule has 1 aliphatic heterocycles. The van der Waals surface area contributed by atoms with Crippen molar-refractivity contribution >= 4 is 50.6 Å². The van der Waals surface area contributed by atoms with Gasteiger partial charge in [-0.05, 0) is 0 Å². The Morgan fingerprint density at radius 3 is 2.00 bits per heavy atom. The van der Waals surface area contributed by atoms with Crippen LogP contribution < -0.4 is 5.11 Å². The maximum atomic E-state index is 11.6. The van der Waals surface area contributed by atoms with Crippen LogP contribution >= 0.6 is 0 Å². The van der Waals surface area contributed by atoms with E-state index in [0.29, 0.717) is 4.50 Å². The normalized spacial score (nSPS) is 15.8. The summed E-state index contributed by atoms with van der Waals surface area (Å²) in [5, 5.41) is 19.1. The molecule has 0 aliphatic carbocycles. The van der Waals surface area contributed by atoms with Crippen LogP contribution in [0.5, 0.6) is 0 Å². The Labute approximate surface area is 131 Å². The van der Waals surface area contributed by atoms with Gasteiger partial charge in [-0.2, -0.15) is 0 Å². The molecular weight excluding hydrogens is 430 g/mol. The van der Waals surface area contributed by atoms with Crippen LogP contribution in [0.1, 0.15) is 0 Å². The zero-order valence-corrected chi connectivity index (χ0v) is 17.7. The molecular formula is C12H21AsN2O4Sn. The van der Waals surface area contributed by atoms with Gasteiger partial charge in [0.05, 0.1) is 0 Å². The fraction of sp³-hybridized carbons (Fsp3) is 0.583. The summed E-state index contributed by atoms with van der Waals surface area (Å²) >= 11 is -1.96. The van der Waals surface area contributed by atoms with Crippen molar-refractivity contribution in [3.63, 3.8) is 0 Å². The van der Waals surface area contributed by atoms with Gasteiger partial charge in [0.2, 0.25) is 0 Å². The van der Waals surface area contributed by atoms with Crippen LogP contribution in [0.25, 0.3) is 0 Å².